The van der Waals surface area contributed by atoms with Crippen molar-refractivity contribution in [2.45, 2.75) is 39.0 Å². The summed E-state index contributed by atoms with van der Waals surface area (Å²) in [6.07, 6.45) is 3.36. The van der Waals surface area contributed by atoms with Gasteiger partial charge in [-0.05, 0) is 6.42 Å². The van der Waals surface area contributed by atoms with Gasteiger partial charge in [0.2, 0.25) is 0 Å². The van der Waals surface area contributed by atoms with Crippen molar-refractivity contribution >= 4 is 0 Å². The Balaban J connectivity index is 1.62. The Kier molecular flexibility index (Phi) is 2.48. The number of hydrogen-bond acceptors (Lipinski definition) is 4. The Bertz CT molecular complexity index is 414. The molecule has 1 N–H and O–H groups in total. The maximum absolute atomic E-state index is 5.78. The Morgan fingerprint density at radius 3 is 3.12 bits per heavy atom. The number of fused-ring (bicyclic) bond motifs is 1. The van der Waals surface area contributed by atoms with Crippen LogP contribution in [0.4, 0.5) is 0 Å². The molecular formula is C12H20N4O. The van der Waals surface area contributed by atoms with Crippen LogP contribution in [0.15, 0.2) is 6.33 Å². The van der Waals surface area contributed by atoms with E-state index in [9.17, 15) is 0 Å². The van der Waals surface area contributed by atoms with E-state index in [1.54, 1.807) is 11.0 Å². The largest absolute Gasteiger partial charge is 0.377 e. The van der Waals surface area contributed by atoms with Gasteiger partial charge in [-0.15, -0.1) is 0 Å². The molecule has 1 aromatic rings. The van der Waals surface area contributed by atoms with Crippen LogP contribution >= 0.6 is 0 Å². The maximum Gasteiger partial charge on any atom is 0.164 e. The minimum absolute atomic E-state index is 0.232. The van der Waals surface area contributed by atoms with Crippen LogP contribution in [0.25, 0.3) is 0 Å². The summed E-state index contributed by atoms with van der Waals surface area (Å²) < 4.78 is 7.52. The average molecular weight is 236 g/mol. The standard InChI is InChI=1S/C12H20N4O/c1-12(2)10(8-4-5-17-11(8)12)13-6-9-14-7-16(3)15-9/h7-8,10-11,13H,4-6H2,1-3H3. The van der Waals surface area contributed by atoms with E-state index in [0.717, 1.165) is 19.0 Å². The van der Waals surface area contributed by atoms with E-state index in [0.29, 0.717) is 18.1 Å². The van der Waals surface area contributed by atoms with Crippen LogP contribution in [-0.4, -0.2) is 33.5 Å². The number of hydrogen-bond donors (Lipinski definition) is 1. The van der Waals surface area contributed by atoms with E-state index in [-0.39, 0.29) is 5.41 Å². The van der Waals surface area contributed by atoms with Gasteiger partial charge in [-0.3, -0.25) is 4.68 Å². The summed E-state index contributed by atoms with van der Waals surface area (Å²) in [5.41, 5.74) is 0.232. The second-order valence-corrected chi connectivity index (χ2v) is 5.76. The van der Waals surface area contributed by atoms with Crippen molar-refractivity contribution in [3.05, 3.63) is 12.2 Å². The summed E-state index contributed by atoms with van der Waals surface area (Å²) >= 11 is 0. The molecule has 2 aliphatic rings. The fraction of sp³-hybridized carbons (Fsp3) is 0.833. The number of nitrogens with one attached hydrogen (secondary N) is 1. The second-order valence-electron chi connectivity index (χ2n) is 5.76. The Morgan fingerprint density at radius 2 is 2.41 bits per heavy atom. The normalized spacial score (nSPS) is 34.4. The van der Waals surface area contributed by atoms with E-state index >= 15 is 0 Å². The van der Waals surface area contributed by atoms with Gasteiger partial charge < -0.3 is 10.1 Å². The third-order valence-electron chi connectivity index (χ3n) is 4.23. The van der Waals surface area contributed by atoms with E-state index < -0.39 is 0 Å². The van der Waals surface area contributed by atoms with Crippen LogP contribution in [0.1, 0.15) is 26.1 Å². The van der Waals surface area contributed by atoms with Crippen molar-refractivity contribution in [3.63, 3.8) is 0 Å². The molecule has 2 heterocycles. The van der Waals surface area contributed by atoms with Crippen molar-refractivity contribution < 1.29 is 4.74 Å². The van der Waals surface area contributed by atoms with E-state index in [1.807, 2.05) is 7.05 Å². The SMILES string of the molecule is Cn1cnc(CNC2C3CCOC3C2(C)C)n1. The number of nitrogens with zero attached hydrogens (tertiary/aromatic N) is 3. The third kappa shape index (κ3) is 1.68. The zero-order valence-corrected chi connectivity index (χ0v) is 10.7. The molecule has 3 unspecified atom stereocenters. The van der Waals surface area contributed by atoms with Gasteiger partial charge in [0, 0.05) is 31.0 Å². The molecule has 0 aromatic carbocycles. The molecule has 3 atom stereocenters. The van der Waals surface area contributed by atoms with Gasteiger partial charge in [0.15, 0.2) is 5.82 Å². The fourth-order valence-electron chi connectivity index (χ4n) is 3.40. The molecule has 1 aliphatic carbocycles. The molecule has 5 heteroatoms. The van der Waals surface area contributed by atoms with Crippen molar-refractivity contribution in [2.75, 3.05) is 6.61 Å². The van der Waals surface area contributed by atoms with Crippen LogP contribution < -0.4 is 5.32 Å². The smallest absolute Gasteiger partial charge is 0.164 e. The molecule has 0 radical (unpaired) electrons. The summed E-state index contributed by atoms with van der Waals surface area (Å²) in [6.45, 7) is 6.23. The first kappa shape index (κ1) is 11.2. The van der Waals surface area contributed by atoms with Crippen molar-refractivity contribution in [1.29, 1.82) is 0 Å². The summed E-state index contributed by atoms with van der Waals surface area (Å²) in [4.78, 5) is 4.24. The lowest BCUT2D eigenvalue weighted by molar-refractivity contribution is -0.113. The van der Waals surface area contributed by atoms with Crippen LogP contribution in [0, 0.1) is 11.3 Å². The molecule has 0 amide bonds. The highest BCUT2D eigenvalue weighted by Crippen LogP contribution is 2.52. The van der Waals surface area contributed by atoms with Crippen LogP contribution in [0.3, 0.4) is 0 Å². The van der Waals surface area contributed by atoms with E-state index in [2.05, 4.69) is 29.2 Å². The number of aryl methyl sites for hydroxylation is 1. The lowest BCUT2D eigenvalue weighted by Crippen LogP contribution is -2.65. The monoisotopic (exact) mass is 236 g/mol. The predicted molar refractivity (Wildman–Crippen MR) is 63.3 cm³/mol. The summed E-state index contributed by atoms with van der Waals surface area (Å²) in [6, 6.07) is 0.527. The van der Waals surface area contributed by atoms with E-state index in [4.69, 9.17) is 4.74 Å². The fourth-order valence-corrected chi connectivity index (χ4v) is 3.40. The minimum atomic E-state index is 0.232. The van der Waals surface area contributed by atoms with Gasteiger partial charge in [-0.2, -0.15) is 5.10 Å². The maximum atomic E-state index is 5.78. The van der Waals surface area contributed by atoms with Gasteiger partial charge >= 0.3 is 0 Å². The molecule has 0 spiro atoms. The number of rotatable bonds is 3. The van der Waals surface area contributed by atoms with Crippen molar-refractivity contribution in [2.24, 2.45) is 18.4 Å². The first-order valence-electron chi connectivity index (χ1n) is 6.28. The first-order valence-corrected chi connectivity index (χ1v) is 6.28. The topological polar surface area (TPSA) is 52.0 Å². The Labute approximate surface area is 102 Å². The van der Waals surface area contributed by atoms with Gasteiger partial charge in [0.05, 0.1) is 12.6 Å². The van der Waals surface area contributed by atoms with Gasteiger partial charge in [0.25, 0.3) is 0 Å². The Morgan fingerprint density at radius 1 is 1.59 bits per heavy atom. The molecule has 0 bridgehead atoms. The highest BCUT2D eigenvalue weighted by Gasteiger charge is 2.58. The molecule has 94 valence electrons. The molecule has 1 saturated heterocycles. The first-order chi connectivity index (χ1) is 8.09. The quantitative estimate of drug-likeness (QED) is 0.840. The number of aromatic nitrogens is 3. The molecule has 1 aromatic heterocycles. The highest BCUT2D eigenvalue weighted by molar-refractivity contribution is 5.11. The molecule has 1 aliphatic heterocycles. The lowest BCUT2D eigenvalue weighted by atomic mass is 9.57. The molecule has 1 saturated carbocycles. The Hall–Kier alpha value is -0.940. The van der Waals surface area contributed by atoms with Crippen LogP contribution in [0.2, 0.25) is 0 Å². The predicted octanol–water partition coefficient (Wildman–Crippen LogP) is 0.718. The summed E-state index contributed by atoms with van der Waals surface area (Å²) in [5.74, 6) is 1.54. The minimum Gasteiger partial charge on any atom is -0.377 e. The summed E-state index contributed by atoms with van der Waals surface area (Å²) in [7, 11) is 1.89. The molecular weight excluding hydrogens is 216 g/mol. The number of ether oxygens (including phenoxy) is 1. The molecule has 3 rings (SSSR count). The zero-order chi connectivity index (χ0) is 12.0. The average Bonchev–Trinajstić information content (AvgIpc) is 2.86. The summed E-state index contributed by atoms with van der Waals surface area (Å²) in [5, 5.41) is 7.88. The molecule has 5 nitrogen and oxygen atoms in total. The lowest BCUT2D eigenvalue weighted by Gasteiger charge is -2.54. The zero-order valence-electron chi connectivity index (χ0n) is 10.7. The van der Waals surface area contributed by atoms with Crippen LogP contribution in [0.5, 0.6) is 0 Å². The van der Waals surface area contributed by atoms with Crippen LogP contribution in [-0.2, 0) is 18.3 Å². The third-order valence-corrected chi connectivity index (χ3v) is 4.23. The van der Waals surface area contributed by atoms with Gasteiger partial charge in [0.1, 0.15) is 6.33 Å². The van der Waals surface area contributed by atoms with Crippen molar-refractivity contribution in [1.82, 2.24) is 20.1 Å². The van der Waals surface area contributed by atoms with E-state index in [1.165, 1.54) is 6.42 Å². The molecule has 2 fully saturated rings. The molecule has 17 heavy (non-hydrogen) atoms. The second kappa shape index (κ2) is 3.78. The highest BCUT2D eigenvalue weighted by atomic mass is 16.5. The van der Waals surface area contributed by atoms with Gasteiger partial charge in [-0.25, -0.2) is 4.98 Å². The van der Waals surface area contributed by atoms with Gasteiger partial charge in [-0.1, -0.05) is 13.8 Å². The van der Waals surface area contributed by atoms with Crippen molar-refractivity contribution in [3.8, 4) is 0 Å².